The van der Waals surface area contributed by atoms with Crippen LogP contribution >= 0.6 is 11.6 Å². The van der Waals surface area contributed by atoms with Crippen LogP contribution in [0.15, 0.2) is 67.2 Å². The molecule has 0 radical (unpaired) electrons. The Kier molecular flexibility index (Phi) is 7.28. The molecule has 0 saturated heterocycles. The summed E-state index contributed by atoms with van der Waals surface area (Å²) in [6.45, 7) is 7.12. The van der Waals surface area contributed by atoms with Gasteiger partial charge in [-0.15, -0.1) is 0 Å². The molecule has 0 fully saturated rings. The molecule has 0 bridgehead atoms. The second kappa shape index (κ2) is 9.94. The van der Waals surface area contributed by atoms with Crippen LogP contribution in [-0.4, -0.2) is 22.8 Å². The number of carbonyl (C=O) groups excluding carboxylic acids is 1. The maximum atomic E-state index is 13.6. The minimum atomic E-state index is -1.17. The fourth-order valence-electron chi connectivity index (χ4n) is 3.06. The molecule has 1 heterocycles. The Morgan fingerprint density at radius 1 is 1.22 bits per heavy atom. The minimum Gasteiger partial charge on any atom is -0.445 e. The van der Waals surface area contributed by atoms with Gasteiger partial charge in [-0.25, -0.2) is 14.2 Å². The van der Waals surface area contributed by atoms with Crippen LogP contribution in [0.5, 0.6) is 0 Å². The van der Waals surface area contributed by atoms with Crippen molar-refractivity contribution < 1.29 is 19.0 Å². The van der Waals surface area contributed by atoms with Gasteiger partial charge < -0.3 is 15.2 Å². The molecule has 0 aliphatic carbocycles. The molecular weight excluding hydrogens is 431 g/mol. The van der Waals surface area contributed by atoms with Gasteiger partial charge in [0.15, 0.2) is 0 Å². The Labute approximate surface area is 191 Å². The lowest BCUT2D eigenvalue weighted by atomic mass is 9.91. The number of carbonyl (C=O) groups is 1. The van der Waals surface area contributed by atoms with E-state index in [0.29, 0.717) is 28.1 Å². The van der Waals surface area contributed by atoms with Gasteiger partial charge in [-0.1, -0.05) is 48.5 Å². The number of hydrogen-bond acceptors (Lipinski definition) is 4. The summed E-state index contributed by atoms with van der Waals surface area (Å²) in [7, 11) is 0. The van der Waals surface area contributed by atoms with E-state index in [4.69, 9.17) is 16.3 Å². The quantitative estimate of drug-likeness (QED) is 0.479. The third-order valence-corrected chi connectivity index (χ3v) is 5.31. The second-order valence-corrected chi connectivity index (χ2v) is 8.12. The van der Waals surface area contributed by atoms with Crippen molar-refractivity contribution in [2.75, 3.05) is 6.61 Å². The molecule has 1 aromatic heterocycles. The number of nitrogens with one attached hydrogen (secondary N) is 1. The summed E-state index contributed by atoms with van der Waals surface area (Å²) < 4.78 is 18.9. The van der Waals surface area contributed by atoms with Gasteiger partial charge in [0, 0.05) is 5.56 Å². The van der Waals surface area contributed by atoms with Gasteiger partial charge in [-0.2, -0.15) is 0 Å². The van der Waals surface area contributed by atoms with Crippen LogP contribution in [0.2, 0.25) is 5.02 Å². The fourth-order valence-corrected chi connectivity index (χ4v) is 3.24. The van der Waals surface area contributed by atoms with Gasteiger partial charge in [0.2, 0.25) is 0 Å². The number of nitrogens with zero attached hydrogens (tertiary/aromatic N) is 1. The minimum absolute atomic E-state index is 0.0286. The van der Waals surface area contributed by atoms with Crippen LogP contribution < -0.4 is 5.32 Å². The van der Waals surface area contributed by atoms with Crippen molar-refractivity contribution in [1.82, 2.24) is 10.3 Å². The van der Waals surface area contributed by atoms with Gasteiger partial charge in [0.1, 0.15) is 12.4 Å². The van der Waals surface area contributed by atoms with Crippen LogP contribution in [0.4, 0.5) is 9.18 Å². The molecule has 5 nitrogen and oxygen atoms in total. The summed E-state index contributed by atoms with van der Waals surface area (Å²) in [4.78, 5) is 17.1. The summed E-state index contributed by atoms with van der Waals surface area (Å²) in [5, 5.41) is 12.9. The monoisotopic (exact) mass is 454 g/mol. The molecule has 1 unspecified atom stereocenters. The van der Waals surface area contributed by atoms with E-state index in [1.807, 2.05) is 30.3 Å². The first kappa shape index (κ1) is 23.4. The number of ether oxygens (including phenoxy) is 1. The maximum absolute atomic E-state index is 13.6. The van der Waals surface area contributed by atoms with E-state index in [1.165, 1.54) is 12.1 Å². The summed E-state index contributed by atoms with van der Waals surface area (Å²) >= 11 is 5.94. The van der Waals surface area contributed by atoms with Crippen LogP contribution in [-0.2, 0) is 16.9 Å². The summed E-state index contributed by atoms with van der Waals surface area (Å²) in [5.74, 6) is -0.533. The van der Waals surface area contributed by atoms with Crippen LogP contribution in [0.25, 0.3) is 16.8 Å². The molecule has 32 heavy (non-hydrogen) atoms. The number of allylic oxidation sites excluding steroid dienone is 1. The molecule has 0 spiro atoms. The number of hydrogen-bond donors (Lipinski definition) is 2. The molecule has 0 saturated carbocycles. The van der Waals surface area contributed by atoms with Gasteiger partial charge >= 0.3 is 6.09 Å². The second-order valence-electron chi connectivity index (χ2n) is 7.71. The van der Waals surface area contributed by atoms with Crippen molar-refractivity contribution in [3.63, 3.8) is 0 Å². The zero-order valence-electron chi connectivity index (χ0n) is 17.9. The standard InChI is InChI=1S/C25H24ClFN2O3/c1-16(2)22-12-19(13-23(28-22)18-9-10-21(27)20(26)11-18)25(3,15-30)29-24(31)32-14-17-7-5-4-6-8-17/h4-13,30H,1,14-15H2,2-3H3,(H,29,31). The van der Waals surface area contributed by atoms with E-state index in [9.17, 15) is 14.3 Å². The Morgan fingerprint density at radius 2 is 1.94 bits per heavy atom. The molecule has 0 aliphatic rings. The molecule has 0 aliphatic heterocycles. The lowest BCUT2D eigenvalue weighted by molar-refractivity contribution is 0.111. The topological polar surface area (TPSA) is 71.5 Å². The van der Waals surface area contributed by atoms with Crippen LogP contribution in [0, 0.1) is 5.82 Å². The third-order valence-electron chi connectivity index (χ3n) is 5.02. The van der Waals surface area contributed by atoms with E-state index in [1.54, 1.807) is 32.0 Å². The van der Waals surface area contributed by atoms with Crippen molar-refractivity contribution in [2.45, 2.75) is 26.0 Å². The van der Waals surface area contributed by atoms with Crippen molar-refractivity contribution in [2.24, 2.45) is 0 Å². The first-order chi connectivity index (χ1) is 15.2. The number of amides is 1. The summed E-state index contributed by atoms with van der Waals surface area (Å²) in [5.41, 5.74) is 2.61. The van der Waals surface area contributed by atoms with E-state index in [0.717, 1.165) is 5.56 Å². The van der Waals surface area contributed by atoms with Crippen molar-refractivity contribution >= 4 is 23.3 Å². The van der Waals surface area contributed by atoms with Crippen LogP contribution in [0.3, 0.4) is 0 Å². The number of alkyl carbamates (subject to hydrolysis) is 1. The highest BCUT2D eigenvalue weighted by Crippen LogP contribution is 2.30. The third kappa shape index (κ3) is 5.52. The van der Waals surface area contributed by atoms with Gasteiger partial charge in [0.25, 0.3) is 0 Å². The molecule has 2 N–H and O–H groups in total. The van der Waals surface area contributed by atoms with E-state index in [-0.39, 0.29) is 11.6 Å². The highest BCUT2D eigenvalue weighted by molar-refractivity contribution is 6.31. The van der Waals surface area contributed by atoms with Crippen LogP contribution in [0.1, 0.15) is 30.7 Å². The molecule has 1 atom stereocenters. The Hall–Kier alpha value is -3.22. The normalized spacial score (nSPS) is 12.7. The average Bonchev–Trinajstić information content (AvgIpc) is 2.79. The highest BCUT2D eigenvalue weighted by Gasteiger charge is 2.30. The Morgan fingerprint density at radius 3 is 2.56 bits per heavy atom. The lowest BCUT2D eigenvalue weighted by Gasteiger charge is -2.29. The predicted octanol–water partition coefficient (Wildman–Crippen LogP) is 5.71. The summed E-state index contributed by atoms with van der Waals surface area (Å²) in [6, 6.07) is 17.0. The Balaban J connectivity index is 1.91. The zero-order chi connectivity index (χ0) is 23.3. The number of aromatic nitrogens is 1. The number of pyridine rings is 1. The van der Waals surface area contributed by atoms with E-state index < -0.39 is 24.1 Å². The van der Waals surface area contributed by atoms with Crippen molar-refractivity contribution in [3.05, 3.63) is 94.9 Å². The number of aliphatic hydroxyl groups excluding tert-OH is 1. The van der Waals surface area contributed by atoms with Gasteiger partial charge in [-0.05, 0) is 60.9 Å². The number of rotatable bonds is 7. The first-order valence-corrected chi connectivity index (χ1v) is 10.3. The molecule has 7 heteroatoms. The van der Waals surface area contributed by atoms with Gasteiger partial charge in [0.05, 0.1) is 28.6 Å². The Bertz CT molecular complexity index is 1140. The SMILES string of the molecule is C=C(C)c1cc(C(C)(CO)NC(=O)OCc2ccccc2)cc(-c2ccc(F)c(Cl)c2)n1. The number of benzene rings is 2. The predicted molar refractivity (Wildman–Crippen MR) is 124 cm³/mol. The van der Waals surface area contributed by atoms with Crippen molar-refractivity contribution in [3.8, 4) is 11.3 Å². The van der Waals surface area contributed by atoms with E-state index in [2.05, 4.69) is 16.9 Å². The van der Waals surface area contributed by atoms with Crippen molar-refractivity contribution in [1.29, 1.82) is 0 Å². The van der Waals surface area contributed by atoms with Gasteiger partial charge in [-0.3, -0.25) is 0 Å². The number of aliphatic hydroxyl groups is 1. The zero-order valence-corrected chi connectivity index (χ0v) is 18.6. The molecule has 3 rings (SSSR count). The molecule has 3 aromatic rings. The highest BCUT2D eigenvalue weighted by atomic mass is 35.5. The molecule has 166 valence electrons. The fraction of sp³-hybridized carbons (Fsp3) is 0.200. The maximum Gasteiger partial charge on any atom is 0.408 e. The molecular formula is C25H24ClFN2O3. The largest absolute Gasteiger partial charge is 0.445 e. The number of halogens is 2. The average molecular weight is 455 g/mol. The molecule has 2 aromatic carbocycles. The van der Waals surface area contributed by atoms with E-state index >= 15 is 0 Å². The lowest BCUT2D eigenvalue weighted by Crippen LogP contribution is -2.46. The smallest absolute Gasteiger partial charge is 0.408 e. The molecule has 1 amide bonds. The first-order valence-electron chi connectivity index (χ1n) is 9.95. The summed E-state index contributed by atoms with van der Waals surface area (Å²) in [6.07, 6.45) is -0.675.